The van der Waals surface area contributed by atoms with Gasteiger partial charge in [-0.05, 0) is 42.0 Å². The molecule has 2 aromatic rings. The summed E-state index contributed by atoms with van der Waals surface area (Å²) in [5.41, 5.74) is 0.446. The van der Waals surface area contributed by atoms with Crippen LogP contribution in [0.25, 0.3) is 10.8 Å². The van der Waals surface area contributed by atoms with Gasteiger partial charge in [0.25, 0.3) is 10.1 Å². The third-order valence-corrected chi connectivity index (χ3v) is 3.65. The van der Waals surface area contributed by atoms with Gasteiger partial charge in [0.05, 0.1) is 11.3 Å². The van der Waals surface area contributed by atoms with Crippen molar-refractivity contribution in [3.8, 4) is 0 Å². The zero-order valence-electron chi connectivity index (χ0n) is 11.2. The van der Waals surface area contributed by atoms with E-state index in [1.807, 2.05) is 0 Å². The van der Waals surface area contributed by atoms with Gasteiger partial charge in [0.1, 0.15) is 5.78 Å². The molecule has 0 saturated heterocycles. The smallest absolute Gasteiger partial charge is 0.294 e. The lowest BCUT2D eigenvalue weighted by Gasteiger charge is -2.06. The molecule has 0 aromatic heterocycles. The Bertz CT molecular complexity index is 826. The Morgan fingerprint density at radius 1 is 1.10 bits per heavy atom. The first kappa shape index (κ1) is 15.1. The van der Waals surface area contributed by atoms with E-state index in [1.165, 1.54) is 19.1 Å². The van der Waals surface area contributed by atoms with Gasteiger partial charge < -0.3 is 5.32 Å². The third-order valence-electron chi connectivity index (χ3n) is 2.80. The molecule has 0 atom stereocenters. The summed E-state index contributed by atoms with van der Waals surface area (Å²) >= 11 is 0. The van der Waals surface area contributed by atoms with Crippen molar-refractivity contribution < 1.29 is 22.6 Å². The molecule has 0 radical (unpaired) electrons. The molecular weight excluding hydrogens is 294 g/mol. The van der Waals surface area contributed by atoms with E-state index in [1.54, 1.807) is 24.3 Å². The van der Waals surface area contributed by atoms with Crippen LogP contribution in [0.1, 0.15) is 13.3 Å². The summed E-state index contributed by atoms with van der Waals surface area (Å²) in [6, 6.07) is 9.08. The number of Topliss-reactive ketones (excluding diaryl/α,β-unsaturated/α-hetero) is 1. The number of benzene rings is 2. The summed E-state index contributed by atoms with van der Waals surface area (Å²) in [6.45, 7) is 1.32. The Hall–Kier alpha value is -2.25. The largest absolute Gasteiger partial charge is 0.326 e. The highest BCUT2D eigenvalue weighted by Crippen LogP contribution is 2.22. The molecule has 0 spiro atoms. The maximum atomic E-state index is 11.5. The molecule has 2 aromatic carbocycles. The van der Waals surface area contributed by atoms with Crippen LogP contribution < -0.4 is 5.32 Å². The van der Waals surface area contributed by atoms with Gasteiger partial charge in [0, 0.05) is 5.69 Å². The molecule has 0 aliphatic carbocycles. The fourth-order valence-corrected chi connectivity index (χ4v) is 2.41. The van der Waals surface area contributed by atoms with Gasteiger partial charge in [-0.1, -0.05) is 12.1 Å². The van der Waals surface area contributed by atoms with Gasteiger partial charge in [-0.3, -0.25) is 14.1 Å². The molecular formula is C14H13NO5S. The van der Waals surface area contributed by atoms with E-state index in [-0.39, 0.29) is 17.1 Å². The number of anilines is 1. The van der Waals surface area contributed by atoms with Crippen molar-refractivity contribution in [1.82, 2.24) is 0 Å². The van der Waals surface area contributed by atoms with E-state index < -0.39 is 16.0 Å². The first-order chi connectivity index (χ1) is 9.75. The average molecular weight is 307 g/mol. The zero-order chi connectivity index (χ0) is 15.6. The minimum absolute atomic E-state index is 0.219. The summed E-state index contributed by atoms with van der Waals surface area (Å²) in [4.78, 5) is 22.2. The van der Waals surface area contributed by atoms with Crippen LogP contribution in [0.3, 0.4) is 0 Å². The molecule has 0 unspecified atom stereocenters. The summed E-state index contributed by atoms with van der Waals surface area (Å²) < 4.78 is 31.2. The van der Waals surface area contributed by atoms with Crippen LogP contribution in [0.2, 0.25) is 0 Å². The molecule has 0 heterocycles. The highest BCUT2D eigenvalue weighted by Gasteiger charge is 2.10. The normalized spacial score (nSPS) is 11.3. The Kier molecular flexibility index (Phi) is 4.06. The van der Waals surface area contributed by atoms with Crippen LogP contribution in [0.5, 0.6) is 0 Å². The topological polar surface area (TPSA) is 101 Å². The van der Waals surface area contributed by atoms with Crippen LogP contribution in [-0.4, -0.2) is 24.7 Å². The van der Waals surface area contributed by atoms with Crippen LogP contribution in [0.4, 0.5) is 5.69 Å². The minimum Gasteiger partial charge on any atom is -0.326 e. The van der Waals surface area contributed by atoms with Crippen molar-refractivity contribution in [2.24, 2.45) is 0 Å². The Labute approximate surface area is 121 Å². The third kappa shape index (κ3) is 3.87. The second kappa shape index (κ2) is 5.63. The van der Waals surface area contributed by atoms with Crippen LogP contribution in [-0.2, 0) is 19.7 Å². The first-order valence-corrected chi connectivity index (χ1v) is 7.50. The van der Waals surface area contributed by atoms with Crippen molar-refractivity contribution in [3.63, 3.8) is 0 Å². The van der Waals surface area contributed by atoms with Gasteiger partial charge >= 0.3 is 0 Å². The van der Waals surface area contributed by atoms with E-state index >= 15 is 0 Å². The molecule has 7 heteroatoms. The summed E-state index contributed by atoms with van der Waals surface area (Å²) in [5.74, 6) is -0.685. The highest BCUT2D eigenvalue weighted by atomic mass is 32.2. The van der Waals surface area contributed by atoms with Crippen molar-refractivity contribution in [2.75, 3.05) is 5.32 Å². The van der Waals surface area contributed by atoms with Crippen molar-refractivity contribution in [2.45, 2.75) is 18.2 Å². The number of nitrogens with one attached hydrogen (secondary N) is 1. The summed E-state index contributed by atoms with van der Waals surface area (Å²) in [6.07, 6.45) is -0.219. The van der Waals surface area contributed by atoms with Crippen LogP contribution >= 0.6 is 0 Å². The zero-order valence-corrected chi connectivity index (χ0v) is 12.0. The number of fused-ring (bicyclic) bond motifs is 1. The van der Waals surface area contributed by atoms with E-state index in [0.717, 1.165) is 5.39 Å². The van der Waals surface area contributed by atoms with Gasteiger partial charge in [0.15, 0.2) is 0 Å². The lowest BCUT2D eigenvalue weighted by Crippen LogP contribution is -2.14. The lowest BCUT2D eigenvalue weighted by molar-refractivity contribution is -0.124. The summed E-state index contributed by atoms with van der Waals surface area (Å²) in [5, 5.41) is 3.86. The van der Waals surface area contributed by atoms with Gasteiger partial charge in [-0.2, -0.15) is 8.42 Å². The van der Waals surface area contributed by atoms with Crippen LogP contribution in [0, 0.1) is 0 Å². The molecule has 2 rings (SSSR count). The van der Waals surface area contributed by atoms with Crippen molar-refractivity contribution >= 4 is 38.3 Å². The molecule has 0 aliphatic heterocycles. The predicted molar refractivity (Wildman–Crippen MR) is 77.7 cm³/mol. The van der Waals surface area contributed by atoms with Crippen molar-refractivity contribution in [1.29, 1.82) is 0 Å². The molecule has 110 valence electrons. The maximum absolute atomic E-state index is 11.5. The van der Waals surface area contributed by atoms with E-state index in [0.29, 0.717) is 11.1 Å². The summed E-state index contributed by atoms with van der Waals surface area (Å²) in [7, 11) is -4.28. The molecule has 0 bridgehead atoms. The molecule has 1 amide bonds. The molecule has 0 fully saturated rings. The van der Waals surface area contributed by atoms with E-state index in [9.17, 15) is 18.0 Å². The Balaban J connectivity index is 2.36. The maximum Gasteiger partial charge on any atom is 0.294 e. The highest BCUT2D eigenvalue weighted by molar-refractivity contribution is 7.85. The minimum atomic E-state index is -4.28. The van der Waals surface area contributed by atoms with E-state index in [4.69, 9.17) is 4.55 Å². The SMILES string of the molecule is CC(=O)CC(=O)Nc1ccc2ccc(S(=O)(=O)O)cc2c1. The first-order valence-electron chi connectivity index (χ1n) is 6.06. The van der Waals surface area contributed by atoms with Crippen molar-refractivity contribution in [3.05, 3.63) is 36.4 Å². The fraction of sp³-hybridized carbons (Fsp3) is 0.143. The second-order valence-electron chi connectivity index (χ2n) is 4.63. The van der Waals surface area contributed by atoms with Gasteiger partial charge in [-0.15, -0.1) is 0 Å². The standard InChI is InChI=1S/C14H13NO5S/c1-9(16)6-14(17)15-12-4-2-10-3-5-13(21(18,19)20)8-11(10)7-12/h2-5,7-8H,6H2,1H3,(H,15,17)(H,18,19,20). The fourth-order valence-electron chi connectivity index (χ4n) is 1.89. The number of ketones is 1. The number of carbonyl (C=O) groups is 2. The molecule has 21 heavy (non-hydrogen) atoms. The number of carbonyl (C=O) groups excluding carboxylic acids is 2. The van der Waals surface area contributed by atoms with Gasteiger partial charge in [0.2, 0.25) is 5.91 Å². The molecule has 0 aliphatic rings. The second-order valence-corrected chi connectivity index (χ2v) is 6.05. The average Bonchev–Trinajstić information content (AvgIpc) is 2.35. The monoisotopic (exact) mass is 307 g/mol. The predicted octanol–water partition coefficient (Wildman–Crippen LogP) is 2.00. The van der Waals surface area contributed by atoms with Crippen LogP contribution in [0.15, 0.2) is 41.3 Å². The lowest BCUT2D eigenvalue weighted by atomic mass is 10.1. The van der Waals surface area contributed by atoms with Gasteiger partial charge in [-0.25, -0.2) is 0 Å². The number of hydrogen-bond donors (Lipinski definition) is 2. The number of amides is 1. The molecule has 6 nitrogen and oxygen atoms in total. The number of rotatable bonds is 4. The quantitative estimate of drug-likeness (QED) is 0.664. The Morgan fingerprint density at radius 3 is 2.38 bits per heavy atom. The molecule has 2 N–H and O–H groups in total. The molecule has 0 saturated carbocycles. The Morgan fingerprint density at radius 2 is 1.76 bits per heavy atom. The van der Waals surface area contributed by atoms with E-state index in [2.05, 4.69) is 5.32 Å². The number of hydrogen-bond acceptors (Lipinski definition) is 4.